The van der Waals surface area contributed by atoms with Crippen LogP contribution >= 0.6 is 11.6 Å². The number of anilines is 4. The highest BCUT2D eigenvalue weighted by molar-refractivity contribution is 6.31. The Labute approximate surface area is 192 Å². The highest BCUT2D eigenvalue weighted by Crippen LogP contribution is 2.34. The van der Waals surface area contributed by atoms with Crippen molar-refractivity contribution < 1.29 is 24.0 Å². The summed E-state index contributed by atoms with van der Waals surface area (Å²) >= 11 is 6.13. The first-order valence-corrected chi connectivity index (χ1v) is 9.72. The Bertz CT molecular complexity index is 1220. The van der Waals surface area contributed by atoms with E-state index in [9.17, 15) is 19.7 Å². The van der Waals surface area contributed by atoms with Gasteiger partial charge in [-0.3, -0.25) is 10.1 Å². The number of aromatic nitrogens is 2. The van der Waals surface area contributed by atoms with E-state index in [-0.39, 0.29) is 28.5 Å². The summed E-state index contributed by atoms with van der Waals surface area (Å²) < 4.78 is 9.40. The van der Waals surface area contributed by atoms with E-state index in [0.29, 0.717) is 10.7 Å². The average molecular weight is 472 g/mol. The van der Waals surface area contributed by atoms with Crippen LogP contribution in [0.4, 0.5) is 28.7 Å². The van der Waals surface area contributed by atoms with Crippen molar-refractivity contribution in [2.75, 3.05) is 24.9 Å². The van der Waals surface area contributed by atoms with E-state index in [4.69, 9.17) is 21.1 Å². The zero-order chi connectivity index (χ0) is 24.1. The molecule has 170 valence electrons. The van der Waals surface area contributed by atoms with Crippen LogP contribution in [0.1, 0.15) is 26.3 Å². The fraction of sp³-hybridized carbons (Fsp3) is 0.143. The topological polar surface area (TPSA) is 146 Å². The molecule has 0 aliphatic rings. The van der Waals surface area contributed by atoms with Crippen LogP contribution in [0, 0.1) is 17.0 Å². The van der Waals surface area contributed by atoms with Crippen LogP contribution in [-0.2, 0) is 9.47 Å². The number of carbonyl (C=O) groups is 2. The van der Waals surface area contributed by atoms with Crippen molar-refractivity contribution in [1.29, 1.82) is 0 Å². The summed E-state index contributed by atoms with van der Waals surface area (Å²) in [6, 6.07) is 9.06. The quantitative estimate of drug-likeness (QED) is 0.288. The monoisotopic (exact) mass is 471 g/mol. The number of hydrogen-bond acceptors (Lipinski definition) is 10. The molecule has 0 radical (unpaired) electrons. The predicted octanol–water partition coefficient (Wildman–Crippen LogP) is 4.41. The van der Waals surface area contributed by atoms with E-state index in [0.717, 1.165) is 11.9 Å². The van der Waals surface area contributed by atoms with E-state index < -0.39 is 22.5 Å². The van der Waals surface area contributed by atoms with Gasteiger partial charge in [0.25, 0.3) is 0 Å². The van der Waals surface area contributed by atoms with E-state index >= 15 is 0 Å². The maximum absolute atomic E-state index is 12.0. The minimum Gasteiger partial charge on any atom is -0.465 e. The molecule has 1 heterocycles. The molecule has 3 aromatic rings. The number of nitro groups is 1. The Kier molecular flexibility index (Phi) is 7.04. The van der Waals surface area contributed by atoms with Gasteiger partial charge in [-0.2, -0.15) is 0 Å². The SMILES string of the molecule is COC(=O)c1cc(Nc2ncnc(Nc3ccc(C)c(Cl)c3)c2[N+](=O)[O-])cc(C(=O)OC)c1. The number of ether oxygens (including phenoxy) is 2. The van der Waals surface area contributed by atoms with E-state index in [2.05, 4.69) is 20.6 Å². The van der Waals surface area contributed by atoms with Crippen LogP contribution in [0.25, 0.3) is 0 Å². The Hall–Kier alpha value is -4.25. The summed E-state index contributed by atoms with van der Waals surface area (Å²) in [4.78, 5) is 43.1. The molecule has 2 aromatic carbocycles. The van der Waals surface area contributed by atoms with Crippen molar-refractivity contribution in [2.24, 2.45) is 0 Å². The number of halogens is 1. The summed E-state index contributed by atoms with van der Waals surface area (Å²) in [5.41, 5.74) is 1.11. The Morgan fingerprint density at radius 3 is 1.97 bits per heavy atom. The Balaban J connectivity index is 2.04. The average Bonchev–Trinajstić information content (AvgIpc) is 2.80. The number of carbonyl (C=O) groups excluding carboxylic acids is 2. The minimum absolute atomic E-state index is 0.0345. The predicted molar refractivity (Wildman–Crippen MR) is 121 cm³/mol. The molecule has 0 aliphatic carbocycles. The zero-order valence-electron chi connectivity index (χ0n) is 17.7. The second-order valence-corrected chi connectivity index (χ2v) is 7.08. The fourth-order valence-electron chi connectivity index (χ4n) is 2.85. The number of benzene rings is 2. The van der Waals surface area contributed by atoms with Crippen LogP contribution in [0.5, 0.6) is 0 Å². The molecular weight excluding hydrogens is 454 g/mol. The molecule has 3 rings (SSSR count). The molecule has 0 bridgehead atoms. The van der Waals surface area contributed by atoms with Crippen LogP contribution in [0.2, 0.25) is 5.02 Å². The lowest BCUT2D eigenvalue weighted by Crippen LogP contribution is -2.09. The van der Waals surface area contributed by atoms with E-state index in [1.807, 2.05) is 6.92 Å². The molecule has 1 aromatic heterocycles. The van der Waals surface area contributed by atoms with E-state index in [1.54, 1.807) is 18.2 Å². The highest BCUT2D eigenvalue weighted by Gasteiger charge is 2.24. The second-order valence-electron chi connectivity index (χ2n) is 6.67. The first-order valence-electron chi connectivity index (χ1n) is 9.34. The number of hydrogen-bond donors (Lipinski definition) is 2. The van der Waals surface area contributed by atoms with Gasteiger partial charge in [0.05, 0.1) is 30.3 Å². The third-order valence-electron chi connectivity index (χ3n) is 4.48. The Morgan fingerprint density at radius 2 is 1.48 bits per heavy atom. The van der Waals surface area contributed by atoms with Crippen LogP contribution in [0.15, 0.2) is 42.7 Å². The molecule has 0 atom stereocenters. The van der Waals surface area contributed by atoms with Crippen LogP contribution in [-0.4, -0.2) is 41.0 Å². The van der Waals surface area contributed by atoms with Crippen molar-refractivity contribution in [3.05, 3.63) is 74.6 Å². The van der Waals surface area contributed by atoms with Crippen molar-refractivity contribution in [1.82, 2.24) is 9.97 Å². The van der Waals surface area contributed by atoms with Gasteiger partial charge in [-0.1, -0.05) is 17.7 Å². The van der Waals surface area contributed by atoms with Gasteiger partial charge in [-0.25, -0.2) is 19.6 Å². The lowest BCUT2D eigenvalue weighted by Gasteiger charge is -2.12. The van der Waals surface area contributed by atoms with Crippen molar-refractivity contribution in [3.63, 3.8) is 0 Å². The van der Waals surface area contributed by atoms with Gasteiger partial charge < -0.3 is 20.1 Å². The lowest BCUT2D eigenvalue weighted by molar-refractivity contribution is -0.383. The molecule has 2 N–H and O–H groups in total. The summed E-state index contributed by atoms with van der Waals surface area (Å²) in [7, 11) is 2.37. The molecule has 12 heteroatoms. The third kappa shape index (κ3) is 5.33. The third-order valence-corrected chi connectivity index (χ3v) is 4.88. The fourth-order valence-corrected chi connectivity index (χ4v) is 3.03. The van der Waals surface area contributed by atoms with Gasteiger partial charge in [0.15, 0.2) is 0 Å². The standard InChI is InChI=1S/C21H18ClN5O6/c1-11-4-5-14(9-16(11)22)25-18-17(27(30)31)19(24-10-23-18)26-15-7-12(20(28)32-2)6-13(8-15)21(29)33-3/h4-10H,1-3H3,(H2,23,24,25,26). The van der Waals surface area contributed by atoms with Crippen LogP contribution < -0.4 is 10.6 Å². The molecule has 0 unspecified atom stereocenters. The Morgan fingerprint density at radius 1 is 0.939 bits per heavy atom. The van der Waals surface area contributed by atoms with Crippen molar-refractivity contribution in [3.8, 4) is 0 Å². The molecule has 33 heavy (non-hydrogen) atoms. The minimum atomic E-state index is -0.709. The molecule has 0 aliphatic heterocycles. The van der Waals surface area contributed by atoms with E-state index in [1.165, 1.54) is 32.4 Å². The number of nitrogens with zero attached hydrogens (tertiary/aromatic N) is 3. The maximum atomic E-state index is 12.0. The summed E-state index contributed by atoms with van der Waals surface area (Å²) in [6.07, 6.45) is 1.12. The van der Waals surface area contributed by atoms with Crippen LogP contribution in [0.3, 0.4) is 0 Å². The van der Waals surface area contributed by atoms with Crippen molar-refractivity contribution in [2.45, 2.75) is 6.92 Å². The molecular formula is C21H18ClN5O6. The van der Waals surface area contributed by atoms with Gasteiger partial charge in [0.2, 0.25) is 11.6 Å². The first kappa shape index (κ1) is 23.4. The van der Waals surface area contributed by atoms with Gasteiger partial charge in [0.1, 0.15) is 6.33 Å². The van der Waals surface area contributed by atoms with Gasteiger partial charge in [-0.15, -0.1) is 0 Å². The smallest absolute Gasteiger partial charge is 0.353 e. The largest absolute Gasteiger partial charge is 0.465 e. The zero-order valence-corrected chi connectivity index (χ0v) is 18.5. The van der Waals surface area contributed by atoms with Gasteiger partial charge in [-0.05, 0) is 42.8 Å². The normalized spacial score (nSPS) is 10.3. The molecule has 0 amide bonds. The summed E-state index contributed by atoms with van der Waals surface area (Å²) in [5, 5.41) is 18.0. The van der Waals surface area contributed by atoms with Gasteiger partial charge in [0, 0.05) is 16.4 Å². The number of methoxy groups -OCH3 is 2. The second kappa shape index (κ2) is 9.92. The molecule has 0 fully saturated rings. The number of aryl methyl sites for hydroxylation is 1. The summed E-state index contributed by atoms with van der Waals surface area (Å²) in [6.45, 7) is 1.83. The van der Waals surface area contributed by atoms with Gasteiger partial charge >= 0.3 is 17.6 Å². The molecule has 0 saturated carbocycles. The van der Waals surface area contributed by atoms with Crippen molar-refractivity contribution >= 4 is 52.2 Å². The number of nitrogens with one attached hydrogen (secondary N) is 2. The first-order chi connectivity index (χ1) is 15.7. The molecule has 0 spiro atoms. The lowest BCUT2D eigenvalue weighted by atomic mass is 10.1. The summed E-state index contributed by atoms with van der Waals surface area (Å²) in [5.74, 6) is -1.68. The highest BCUT2D eigenvalue weighted by atomic mass is 35.5. The number of rotatable bonds is 7. The molecule has 0 saturated heterocycles. The maximum Gasteiger partial charge on any atom is 0.353 e. The molecule has 11 nitrogen and oxygen atoms in total. The number of esters is 2.